The van der Waals surface area contributed by atoms with E-state index >= 15 is 0 Å². The highest BCUT2D eigenvalue weighted by Crippen LogP contribution is 2.26. The van der Waals surface area contributed by atoms with Gasteiger partial charge in [-0.2, -0.15) is 27.8 Å². The van der Waals surface area contributed by atoms with Crippen molar-refractivity contribution >= 4 is 11.6 Å². The fourth-order valence-electron chi connectivity index (χ4n) is 3.45. The molecule has 0 bridgehead atoms. The van der Waals surface area contributed by atoms with Crippen LogP contribution in [0.5, 0.6) is 0 Å². The van der Waals surface area contributed by atoms with Gasteiger partial charge in [-0.25, -0.2) is 4.98 Å². The molecular weight excluding hydrogens is 357 g/mol. The second-order valence-corrected chi connectivity index (χ2v) is 6.72. The summed E-state index contributed by atoms with van der Waals surface area (Å²) in [4.78, 5) is 12.3. The first kappa shape index (κ1) is 17.7. The van der Waals surface area contributed by atoms with Crippen molar-refractivity contribution in [2.45, 2.75) is 19.1 Å². The van der Waals surface area contributed by atoms with Gasteiger partial charge in [0.25, 0.3) is 5.78 Å². The van der Waals surface area contributed by atoms with E-state index in [0.29, 0.717) is 25.4 Å². The molecule has 27 heavy (non-hydrogen) atoms. The predicted octanol–water partition coefficient (Wildman–Crippen LogP) is 2.86. The monoisotopic (exact) mass is 376 g/mol. The van der Waals surface area contributed by atoms with Gasteiger partial charge < -0.3 is 4.90 Å². The van der Waals surface area contributed by atoms with Crippen LogP contribution in [0.2, 0.25) is 0 Å². The van der Waals surface area contributed by atoms with Gasteiger partial charge in [-0.1, -0.05) is 30.3 Å². The number of hydrogen-bond donors (Lipinski definition) is 0. The number of anilines is 1. The van der Waals surface area contributed by atoms with Crippen LogP contribution in [0.25, 0.3) is 17.0 Å². The number of alkyl halides is 3. The molecule has 0 amide bonds. The molecule has 0 saturated carbocycles. The minimum Gasteiger partial charge on any atom is -0.354 e. The summed E-state index contributed by atoms with van der Waals surface area (Å²) >= 11 is 0. The first-order valence-corrected chi connectivity index (χ1v) is 8.73. The molecule has 1 fully saturated rings. The van der Waals surface area contributed by atoms with Crippen LogP contribution >= 0.6 is 0 Å². The fraction of sp³-hybridized carbons (Fsp3) is 0.389. The van der Waals surface area contributed by atoms with Crippen molar-refractivity contribution in [1.82, 2.24) is 24.5 Å². The average Bonchev–Trinajstić information content (AvgIpc) is 3.11. The summed E-state index contributed by atoms with van der Waals surface area (Å²) < 4.78 is 39.9. The largest absolute Gasteiger partial charge is 0.401 e. The molecule has 0 aliphatic carbocycles. The Morgan fingerprint density at radius 3 is 2.63 bits per heavy atom. The van der Waals surface area contributed by atoms with Crippen LogP contribution in [0.1, 0.15) is 6.92 Å². The molecule has 1 unspecified atom stereocenters. The first-order chi connectivity index (χ1) is 12.9. The lowest BCUT2D eigenvalue weighted by Crippen LogP contribution is -2.54. The summed E-state index contributed by atoms with van der Waals surface area (Å²) in [5.41, 5.74) is 1.71. The Morgan fingerprint density at radius 2 is 1.93 bits per heavy atom. The van der Waals surface area contributed by atoms with Crippen molar-refractivity contribution in [3.63, 3.8) is 0 Å². The zero-order valence-corrected chi connectivity index (χ0v) is 14.8. The highest BCUT2D eigenvalue weighted by atomic mass is 19.4. The van der Waals surface area contributed by atoms with Crippen LogP contribution in [-0.2, 0) is 0 Å². The number of hydrogen-bond acceptors (Lipinski definition) is 5. The lowest BCUT2D eigenvalue weighted by Gasteiger charge is -2.41. The van der Waals surface area contributed by atoms with Crippen LogP contribution in [0.3, 0.4) is 0 Å². The Kier molecular flexibility index (Phi) is 4.47. The topological polar surface area (TPSA) is 49.6 Å². The number of aromatic nitrogens is 4. The third-order valence-electron chi connectivity index (χ3n) is 4.77. The number of piperazine rings is 1. The fourth-order valence-corrected chi connectivity index (χ4v) is 3.45. The predicted molar refractivity (Wildman–Crippen MR) is 95.5 cm³/mol. The van der Waals surface area contributed by atoms with Gasteiger partial charge in [-0.3, -0.25) is 4.90 Å². The van der Waals surface area contributed by atoms with E-state index in [0.717, 1.165) is 17.1 Å². The van der Waals surface area contributed by atoms with Crippen LogP contribution < -0.4 is 4.90 Å². The van der Waals surface area contributed by atoms with E-state index in [1.807, 2.05) is 48.2 Å². The second-order valence-electron chi connectivity index (χ2n) is 6.72. The standard InChI is InChI=1S/C18H19F3N6/c1-13-10-25(7-8-26(13)11-18(19,20)21)16-9-15(14-5-3-2-4-6-14)24-17-22-12-23-27(16)17/h2-6,9,12-13H,7-8,10-11H2,1H3. The van der Waals surface area contributed by atoms with E-state index in [-0.39, 0.29) is 6.04 Å². The van der Waals surface area contributed by atoms with Crippen molar-refractivity contribution in [3.05, 3.63) is 42.7 Å². The normalized spacial score (nSPS) is 19.0. The Balaban J connectivity index is 1.65. The molecule has 1 atom stereocenters. The van der Waals surface area contributed by atoms with E-state index in [2.05, 4.69) is 15.1 Å². The molecule has 1 aromatic carbocycles. The quantitative estimate of drug-likeness (QED) is 0.704. The van der Waals surface area contributed by atoms with Crippen molar-refractivity contribution in [3.8, 4) is 11.3 Å². The van der Waals surface area contributed by atoms with Crippen LogP contribution in [0.4, 0.5) is 19.0 Å². The molecule has 1 aliphatic rings. The molecule has 3 heterocycles. The number of rotatable bonds is 3. The molecule has 0 N–H and O–H groups in total. The maximum atomic E-state index is 12.8. The molecule has 1 saturated heterocycles. The SMILES string of the molecule is CC1CN(c2cc(-c3ccccc3)nc3ncnn23)CCN1CC(F)(F)F. The van der Waals surface area contributed by atoms with Gasteiger partial charge in [0.05, 0.1) is 12.2 Å². The summed E-state index contributed by atoms with van der Waals surface area (Å²) in [5, 5.41) is 4.24. The van der Waals surface area contributed by atoms with Gasteiger partial charge in [0, 0.05) is 37.3 Å². The van der Waals surface area contributed by atoms with Gasteiger partial charge in [0.2, 0.25) is 0 Å². The van der Waals surface area contributed by atoms with Gasteiger partial charge in [0.1, 0.15) is 12.1 Å². The highest BCUT2D eigenvalue weighted by Gasteiger charge is 2.35. The summed E-state index contributed by atoms with van der Waals surface area (Å²) in [6.45, 7) is 2.22. The molecule has 6 nitrogen and oxygen atoms in total. The minimum atomic E-state index is -4.19. The summed E-state index contributed by atoms with van der Waals surface area (Å²) in [7, 11) is 0. The third-order valence-corrected chi connectivity index (χ3v) is 4.77. The Labute approximate surface area is 154 Å². The van der Waals surface area contributed by atoms with Crippen molar-refractivity contribution in [2.24, 2.45) is 0 Å². The number of fused-ring (bicyclic) bond motifs is 1. The second kappa shape index (κ2) is 6.80. The van der Waals surface area contributed by atoms with Gasteiger partial charge in [-0.05, 0) is 6.92 Å². The Morgan fingerprint density at radius 1 is 1.15 bits per heavy atom. The molecule has 0 spiro atoms. The zero-order valence-electron chi connectivity index (χ0n) is 14.8. The zero-order chi connectivity index (χ0) is 19.0. The van der Waals surface area contributed by atoms with Crippen molar-refractivity contribution < 1.29 is 13.2 Å². The number of halogens is 3. The van der Waals surface area contributed by atoms with Gasteiger partial charge in [0.15, 0.2) is 0 Å². The number of nitrogens with zero attached hydrogens (tertiary/aromatic N) is 6. The first-order valence-electron chi connectivity index (χ1n) is 8.73. The Hall–Kier alpha value is -2.68. The van der Waals surface area contributed by atoms with E-state index in [1.165, 1.54) is 11.2 Å². The van der Waals surface area contributed by atoms with Gasteiger partial charge >= 0.3 is 6.18 Å². The molecular formula is C18H19F3N6. The maximum Gasteiger partial charge on any atom is 0.401 e. The average molecular weight is 376 g/mol. The summed E-state index contributed by atoms with van der Waals surface area (Å²) in [5.74, 6) is 1.26. The van der Waals surface area contributed by atoms with Crippen molar-refractivity contribution in [1.29, 1.82) is 0 Å². The molecule has 9 heteroatoms. The van der Waals surface area contributed by atoms with Crippen LogP contribution in [0.15, 0.2) is 42.7 Å². The van der Waals surface area contributed by atoms with Crippen molar-refractivity contribution in [2.75, 3.05) is 31.1 Å². The molecule has 142 valence electrons. The lowest BCUT2D eigenvalue weighted by atomic mass is 10.1. The maximum absolute atomic E-state index is 12.8. The van der Waals surface area contributed by atoms with E-state index in [9.17, 15) is 13.2 Å². The molecule has 3 aromatic rings. The summed E-state index contributed by atoms with van der Waals surface area (Å²) in [6.07, 6.45) is -2.75. The third kappa shape index (κ3) is 3.73. The summed E-state index contributed by atoms with van der Waals surface area (Å²) in [6, 6.07) is 11.4. The minimum absolute atomic E-state index is 0.229. The van der Waals surface area contributed by atoms with Gasteiger partial charge in [-0.15, -0.1) is 0 Å². The smallest absolute Gasteiger partial charge is 0.354 e. The van der Waals surface area contributed by atoms with E-state index in [4.69, 9.17) is 0 Å². The van der Waals surface area contributed by atoms with E-state index < -0.39 is 12.7 Å². The molecule has 1 aliphatic heterocycles. The van der Waals surface area contributed by atoms with Crippen LogP contribution in [-0.4, -0.2) is 62.9 Å². The Bertz CT molecular complexity index is 924. The molecule has 0 radical (unpaired) electrons. The molecule has 2 aromatic heterocycles. The number of benzene rings is 1. The highest BCUT2D eigenvalue weighted by molar-refractivity contribution is 5.65. The van der Waals surface area contributed by atoms with E-state index in [1.54, 1.807) is 4.52 Å². The molecule has 4 rings (SSSR count). The lowest BCUT2D eigenvalue weighted by molar-refractivity contribution is -0.150. The van der Waals surface area contributed by atoms with Crippen LogP contribution in [0, 0.1) is 0 Å².